The number of anilines is 2. The molecule has 0 spiro atoms. The Hall–Kier alpha value is -3.46. The predicted octanol–water partition coefficient (Wildman–Crippen LogP) is 3.38. The van der Waals surface area contributed by atoms with E-state index in [9.17, 15) is 31.2 Å². The van der Waals surface area contributed by atoms with Gasteiger partial charge in [0.1, 0.15) is 5.75 Å². The number of amides is 2. The molecule has 1 fully saturated rings. The van der Waals surface area contributed by atoms with Gasteiger partial charge >= 0.3 is 6.18 Å². The second-order valence-corrected chi connectivity index (χ2v) is 11.5. The van der Waals surface area contributed by atoms with Crippen molar-refractivity contribution >= 4 is 38.9 Å². The topological polar surface area (TPSA) is 114 Å². The van der Waals surface area contributed by atoms with Crippen LogP contribution in [-0.2, 0) is 41.3 Å². The predicted molar refractivity (Wildman–Crippen MR) is 143 cm³/mol. The van der Waals surface area contributed by atoms with Crippen LogP contribution >= 0.6 is 0 Å². The number of alkyl halides is 3. The standard InChI is InChI=1S/C27H28F3N3O7S/c1-41(36,37)40-33(20-6-4-18-13-23(26(35)31-22(18)16-20)32-8-11-38-12-9-32)25(34)14-17-3-2-10-39-24-15-19(27(28,29)30)5-7-21(17)24/h4-7,14-16,23H,2-3,8-13H2,1H3,(H,31,35)/b17-14+. The van der Waals surface area contributed by atoms with E-state index in [2.05, 4.69) is 5.32 Å². The van der Waals surface area contributed by atoms with E-state index in [4.69, 9.17) is 13.8 Å². The van der Waals surface area contributed by atoms with Gasteiger partial charge in [0.15, 0.2) is 0 Å². The van der Waals surface area contributed by atoms with E-state index in [1.54, 1.807) is 6.07 Å². The van der Waals surface area contributed by atoms with Crippen molar-refractivity contribution in [2.45, 2.75) is 31.5 Å². The molecule has 5 rings (SSSR count). The molecule has 0 aliphatic carbocycles. The summed E-state index contributed by atoms with van der Waals surface area (Å²) < 4.78 is 79.8. The van der Waals surface area contributed by atoms with E-state index in [0.717, 1.165) is 30.0 Å². The van der Waals surface area contributed by atoms with Gasteiger partial charge in [-0.25, -0.2) is 0 Å². The van der Waals surface area contributed by atoms with Gasteiger partial charge in [0.2, 0.25) is 5.91 Å². The number of hydrogen-bond donors (Lipinski definition) is 1. The summed E-state index contributed by atoms with van der Waals surface area (Å²) in [6, 6.07) is 7.25. The molecule has 0 saturated carbocycles. The summed E-state index contributed by atoms with van der Waals surface area (Å²) in [4.78, 5) is 28.4. The molecule has 3 heterocycles. The smallest absolute Gasteiger partial charge is 0.416 e. The fourth-order valence-electron chi connectivity index (χ4n) is 5.05. The second kappa shape index (κ2) is 11.4. The molecule has 1 unspecified atom stereocenters. The van der Waals surface area contributed by atoms with E-state index in [0.29, 0.717) is 61.9 Å². The third-order valence-electron chi connectivity index (χ3n) is 7.00. The lowest BCUT2D eigenvalue weighted by Gasteiger charge is -2.36. The Morgan fingerprint density at radius 3 is 2.61 bits per heavy atom. The summed E-state index contributed by atoms with van der Waals surface area (Å²) in [5.74, 6) is -1.14. The maximum Gasteiger partial charge on any atom is 0.416 e. The van der Waals surface area contributed by atoms with Crippen LogP contribution in [0.5, 0.6) is 5.75 Å². The van der Waals surface area contributed by atoms with Gasteiger partial charge in [-0.3, -0.25) is 14.5 Å². The van der Waals surface area contributed by atoms with Gasteiger partial charge in [0.05, 0.1) is 43.4 Å². The number of halogens is 3. The molecule has 1 N–H and O–H groups in total. The number of benzene rings is 2. The lowest BCUT2D eigenvalue weighted by molar-refractivity contribution is -0.137. The van der Waals surface area contributed by atoms with E-state index in [1.165, 1.54) is 18.2 Å². The number of rotatable bonds is 5. The molecule has 2 aromatic rings. The minimum absolute atomic E-state index is 0.0294. The van der Waals surface area contributed by atoms with Crippen molar-refractivity contribution in [3.05, 3.63) is 59.2 Å². The van der Waals surface area contributed by atoms with Gasteiger partial charge in [-0.2, -0.15) is 26.7 Å². The van der Waals surface area contributed by atoms with Crippen LogP contribution in [0.2, 0.25) is 0 Å². The molecular weight excluding hydrogens is 567 g/mol. The number of carbonyl (C=O) groups is 2. The van der Waals surface area contributed by atoms with Crippen LogP contribution in [0.4, 0.5) is 24.5 Å². The Kier molecular flexibility index (Phi) is 8.10. The Labute approximate surface area is 234 Å². The minimum Gasteiger partial charge on any atom is -0.493 e. The Morgan fingerprint density at radius 1 is 1.15 bits per heavy atom. The number of fused-ring (bicyclic) bond motifs is 2. The van der Waals surface area contributed by atoms with Crippen LogP contribution in [-0.4, -0.2) is 70.3 Å². The SMILES string of the molecule is CS(=O)(=O)ON(C(=O)/C=C1\CCCOc2cc(C(F)(F)F)ccc21)c1ccc2c(c1)NC(=O)C(N1CCOCC1)C2. The maximum atomic E-state index is 13.5. The molecular formula is C27H28F3N3O7S. The molecule has 0 radical (unpaired) electrons. The number of carbonyl (C=O) groups excluding carboxylic acids is 2. The summed E-state index contributed by atoms with van der Waals surface area (Å²) in [5.41, 5.74) is 1.00. The van der Waals surface area contributed by atoms with E-state index < -0.39 is 27.8 Å². The van der Waals surface area contributed by atoms with Gasteiger partial charge in [-0.15, -0.1) is 4.28 Å². The Balaban J connectivity index is 1.45. The van der Waals surface area contributed by atoms with Crippen molar-refractivity contribution in [2.24, 2.45) is 0 Å². The first-order valence-electron chi connectivity index (χ1n) is 12.9. The molecule has 220 valence electrons. The van der Waals surface area contributed by atoms with Gasteiger partial charge in [-0.1, -0.05) is 12.1 Å². The number of hydrogen-bond acceptors (Lipinski definition) is 8. The summed E-state index contributed by atoms with van der Waals surface area (Å²) in [6.07, 6.45) is -1.55. The number of nitrogens with one attached hydrogen (secondary N) is 1. The summed E-state index contributed by atoms with van der Waals surface area (Å²) in [5, 5.41) is 3.42. The molecule has 3 aliphatic heterocycles. The molecule has 10 nitrogen and oxygen atoms in total. The van der Waals surface area contributed by atoms with Gasteiger partial charge in [0.25, 0.3) is 16.0 Å². The second-order valence-electron chi connectivity index (χ2n) is 9.94. The molecule has 0 aromatic heterocycles. The zero-order valence-electron chi connectivity index (χ0n) is 22.1. The van der Waals surface area contributed by atoms with Crippen LogP contribution in [0.3, 0.4) is 0 Å². The number of morpholine rings is 1. The van der Waals surface area contributed by atoms with E-state index in [1.807, 2.05) is 4.90 Å². The van der Waals surface area contributed by atoms with Gasteiger partial charge in [-0.05, 0) is 54.7 Å². The van der Waals surface area contributed by atoms with Crippen molar-refractivity contribution in [3.8, 4) is 5.75 Å². The molecule has 41 heavy (non-hydrogen) atoms. The molecule has 1 atom stereocenters. The minimum atomic E-state index is -4.57. The Morgan fingerprint density at radius 2 is 1.90 bits per heavy atom. The van der Waals surface area contributed by atoms with Crippen molar-refractivity contribution in [1.29, 1.82) is 0 Å². The lowest BCUT2D eigenvalue weighted by atomic mass is 9.97. The largest absolute Gasteiger partial charge is 0.493 e. The van der Waals surface area contributed by atoms with Crippen molar-refractivity contribution in [3.63, 3.8) is 0 Å². The van der Waals surface area contributed by atoms with E-state index >= 15 is 0 Å². The van der Waals surface area contributed by atoms with Crippen molar-refractivity contribution in [2.75, 3.05) is 49.5 Å². The van der Waals surface area contributed by atoms with Crippen LogP contribution in [0.25, 0.3) is 5.57 Å². The monoisotopic (exact) mass is 595 g/mol. The van der Waals surface area contributed by atoms with Crippen LogP contribution in [0.15, 0.2) is 42.5 Å². The third-order valence-corrected chi connectivity index (χ3v) is 7.42. The summed E-state index contributed by atoms with van der Waals surface area (Å²) in [7, 11) is -4.18. The number of allylic oxidation sites excluding steroid dienone is 1. The molecule has 2 aromatic carbocycles. The third kappa shape index (κ3) is 6.72. The first-order valence-corrected chi connectivity index (χ1v) is 14.7. The first kappa shape index (κ1) is 29.0. The number of ether oxygens (including phenoxy) is 2. The van der Waals surface area contributed by atoms with E-state index in [-0.39, 0.29) is 35.6 Å². The highest BCUT2D eigenvalue weighted by Crippen LogP contribution is 2.38. The van der Waals surface area contributed by atoms with Gasteiger partial charge in [0, 0.05) is 30.4 Å². The zero-order valence-corrected chi connectivity index (χ0v) is 22.9. The zero-order chi connectivity index (χ0) is 29.4. The lowest BCUT2D eigenvalue weighted by Crippen LogP contribution is -2.52. The normalized spacial score (nSPS) is 20.8. The number of hydroxylamine groups is 1. The molecule has 0 bridgehead atoms. The van der Waals surface area contributed by atoms with Crippen LogP contribution in [0, 0.1) is 0 Å². The highest BCUT2D eigenvalue weighted by molar-refractivity contribution is 7.86. The average Bonchev–Trinajstić information content (AvgIpc) is 3.12. The fraction of sp³-hybridized carbons (Fsp3) is 0.407. The number of nitrogens with zero attached hydrogens (tertiary/aromatic N) is 2. The fourth-order valence-corrected chi connectivity index (χ4v) is 5.48. The quantitative estimate of drug-likeness (QED) is 0.414. The summed E-state index contributed by atoms with van der Waals surface area (Å²) >= 11 is 0. The Bertz CT molecular complexity index is 1490. The maximum absolute atomic E-state index is 13.5. The molecule has 2 amide bonds. The van der Waals surface area contributed by atoms with Gasteiger partial charge < -0.3 is 14.8 Å². The average molecular weight is 596 g/mol. The highest BCUT2D eigenvalue weighted by Gasteiger charge is 2.34. The van der Waals surface area contributed by atoms with Crippen LogP contribution in [0.1, 0.15) is 29.5 Å². The van der Waals surface area contributed by atoms with Crippen molar-refractivity contribution < 1.29 is 44.9 Å². The highest BCUT2D eigenvalue weighted by atomic mass is 32.2. The molecule has 3 aliphatic rings. The van der Waals surface area contributed by atoms with Crippen molar-refractivity contribution in [1.82, 2.24) is 4.90 Å². The summed E-state index contributed by atoms with van der Waals surface area (Å²) in [6.45, 7) is 2.45. The van der Waals surface area contributed by atoms with Crippen LogP contribution < -0.4 is 15.1 Å². The molecule has 1 saturated heterocycles. The first-order chi connectivity index (χ1) is 19.4. The molecule has 14 heteroatoms.